The lowest BCUT2D eigenvalue weighted by atomic mass is 9.95. The predicted molar refractivity (Wildman–Crippen MR) is 133 cm³/mol. The number of anilines is 1. The minimum Gasteiger partial charge on any atom is -0.310 e. The summed E-state index contributed by atoms with van der Waals surface area (Å²) in [6, 6.07) is 19.3. The zero-order chi connectivity index (χ0) is 23.7. The average molecular weight is 470 g/mol. The minimum atomic E-state index is -0.254. The SMILES string of the molecule is Cn1c(SCC(=O)Nc2c(C#N)c3c(n2-c2ccccc2)CCCC3)nc2ccccc2c1=O. The second-order valence-corrected chi connectivity index (χ2v) is 9.19. The van der Waals surface area contributed by atoms with Crippen molar-refractivity contribution in [1.29, 1.82) is 5.26 Å². The zero-order valence-electron chi connectivity index (χ0n) is 18.7. The molecule has 34 heavy (non-hydrogen) atoms. The standard InChI is InChI=1S/C26H23N5O2S/c1-30-25(33)19-12-5-7-13-21(19)28-26(30)34-16-23(32)29-24-20(15-27)18-11-6-8-14-22(18)31(24)17-9-3-2-4-10-17/h2-5,7,9-10,12-13H,6,8,11,14,16H2,1H3,(H,29,32). The number of nitrogens with one attached hydrogen (secondary N) is 1. The van der Waals surface area contributed by atoms with E-state index >= 15 is 0 Å². The van der Waals surface area contributed by atoms with Gasteiger partial charge in [0.1, 0.15) is 11.9 Å². The van der Waals surface area contributed by atoms with Crippen molar-refractivity contribution in [2.24, 2.45) is 7.05 Å². The Kier molecular flexibility index (Phi) is 5.95. The number of amides is 1. The number of carbonyl (C=O) groups excluding carboxylic acids is 1. The van der Waals surface area contributed by atoms with Crippen molar-refractivity contribution in [3.8, 4) is 11.8 Å². The molecule has 0 saturated heterocycles. The predicted octanol–water partition coefficient (Wildman–Crippen LogP) is 4.21. The summed E-state index contributed by atoms with van der Waals surface area (Å²) in [7, 11) is 1.66. The number of para-hydroxylation sites is 2. The van der Waals surface area contributed by atoms with Gasteiger partial charge >= 0.3 is 0 Å². The normalized spacial score (nSPS) is 12.8. The van der Waals surface area contributed by atoms with E-state index in [9.17, 15) is 14.9 Å². The molecule has 8 heteroatoms. The van der Waals surface area contributed by atoms with Crippen molar-refractivity contribution >= 4 is 34.4 Å². The van der Waals surface area contributed by atoms with Crippen LogP contribution in [0.2, 0.25) is 0 Å². The van der Waals surface area contributed by atoms with Gasteiger partial charge in [-0.1, -0.05) is 42.1 Å². The third-order valence-corrected chi connectivity index (χ3v) is 7.16. The first-order valence-electron chi connectivity index (χ1n) is 11.2. The maximum absolute atomic E-state index is 13.0. The molecule has 2 aromatic carbocycles. The lowest BCUT2D eigenvalue weighted by molar-refractivity contribution is -0.113. The summed E-state index contributed by atoms with van der Waals surface area (Å²) >= 11 is 1.20. The molecule has 0 spiro atoms. The van der Waals surface area contributed by atoms with E-state index in [1.54, 1.807) is 25.2 Å². The fourth-order valence-electron chi connectivity index (χ4n) is 4.52. The Morgan fingerprint density at radius 3 is 2.65 bits per heavy atom. The monoisotopic (exact) mass is 469 g/mol. The third-order valence-electron chi connectivity index (χ3n) is 6.13. The van der Waals surface area contributed by atoms with Gasteiger partial charge < -0.3 is 5.32 Å². The van der Waals surface area contributed by atoms with Gasteiger partial charge in [0.15, 0.2) is 5.16 Å². The minimum absolute atomic E-state index is 0.0636. The summed E-state index contributed by atoms with van der Waals surface area (Å²) in [5.41, 5.74) is 4.03. The second-order valence-electron chi connectivity index (χ2n) is 8.25. The van der Waals surface area contributed by atoms with Crippen molar-refractivity contribution in [1.82, 2.24) is 14.1 Å². The van der Waals surface area contributed by atoms with E-state index in [0.29, 0.717) is 27.4 Å². The maximum Gasteiger partial charge on any atom is 0.261 e. The largest absolute Gasteiger partial charge is 0.310 e. The fraction of sp³-hybridized carbons (Fsp3) is 0.231. The fourth-order valence-corrected chi connectivity index (χ4v) is 5.29. The van der Waals surface area contributed by atoms with Gasteiger partial charge in [-0.3, -0.25) is 18.7 Å². The molecule has 1 N–H and O–H groups in total. The first-order chi connectivity index (χ1) is 16.6. The van der Waals surface area contributed by atoms with E-state index in [4.69, 9.17) is 0 Å². The van der Waals surface area contributed by atoms with Gasteiger partial charge in [0.05, 0.1) is 22.2 Å². The Morgan fingerprint density at radius 1 is 1.12 bits per heavy atom. The highest BCUT2D eigenvalue weighted by Crippen LogP contribution is 2.35. The number of rotatable bonds is 5. The van der Waals surface area contributed by atoms with E-state index in [1.165, 1.54) is 16.3 Å². The summed E-state index contributed by atoms with van der Waals surface area (Å²) in [6.45, 7) is 0. The molecule has 1 aliphatic carbocycles. The van der Waals surface area contributed by atoms with E-state index in [2.05, 4.69) is 16.4 Å². The molecule has 2 aromatic heterocycles. The van der Waals surface area contributed by atoms with E-state index < -0.39 is 0 Å². The topological polar surface area (TPSA) is 92.7 Å². The molecule has 1 amide bonds. The van der Waals surface area contributed by atoms with Crippen molar-refractivity contribution < 1.29 is 4.79 Å². The molecule has 2 heterocycles. The van der Waals surface area contributed by atoms with Crippen LogP contribution in [0.25, 0.3) is 16.6 Å². The molecule has 0 fully saturated rings. The van der Waals surface area contributed by atoms with Crippen LogP contribution in [0.15, 0.2) is 64.5 Å². The van der Waals surface area contributed by atoms with Crippen LogP contribution in [0.3, 0.4) is 0 Å². The van der Waals surface area contributed by atoms with Crippen LogP contribution in [0.1, 0.15) is 29.7 Å². The van der Waals surface area contributed by atoms with Crippen LogP contribution in [-0.4, -0.2) is 25.8 Å². The van der Waals surface area contributed by atoms with Gasteiger partial charge in [0.25, 0.3) is 5.56 Å². The van der Waals surface area contributed by atoms with Crippen LogP contribution in [0.4, 0.5) is 5.82 Å². The van der Waals surface area contributed by atoms with Crippen molar-refractivity contribution in [3.63, 3.8) is 0 Å². The quantitative estimate of drug-likeness (QED) is 0.349. The highest BCUT2D eigenvalue weighted by molar-refractivity contribution is 7.99. The molecule has 0 bridgehead atoms. The van der Waals surface area contributed by atoms with Crippen LogP contribution in [0.5, 0.6) is 0 Å². The average Bonchev–Trinajstić information content (AvgIpc) is 3.18. The Bertz CT molecular complexity index is 1500. The molecule has 0 atom stereocenters. The van der Waals surface area contributed by atoms with E-state index in [-0.39, 0.29) is 17.2 Å². The summed E-state index contributed by atoms with van der Waals surface area (Å²) in [6.07, 6.45) is 3.79. The Labute approximate surface area is 201 Å². The number of nitriles is 1. The second kappa shape index (κ2) is 9.20. The molecular formula is C26H23N5O2S. The molecule has 0 saturated carbocycles. The first kappa shape index (κ1) is 22.0. The van der Waals surface area contributed by atoms with Crippen LogP contribution >= 0.6 is 11.8 Å². The number of hydrogen-bond donors (Lipinski definition) is 1. The van der Waals surface area contributed by atoms with E-state index in [1.807, 2.05) is 41.0 Å². The summed E-state index contributed by atoms with van der Waals surface area (Å²) in [5, 5.41) is 14.0. The highest BCUT2D eigenvalue weighted by Gasteiger charge is 2.26. The molecule has 1 aliphatic rings. The van der Waals surface area contributed by atoms with Gasteiger partial charge in [0, 0.05) is 18.4 Å². The molecular weight excluding hydrogens is 446 g/mol. The molecule has 0 unspecified atom stereocenters. The lowest BCUT2D eigenvalue weighted by Gasteiger charge is -2.17. The van der Waals surface area contributed by atoms with Crippen molar-refractivity contribution in [2.75, 3.05) is 11.1 Å². The lowest BCUT2D eigenvalue weighted by Crippen LogP contribution is -2.22. The summed E-state index contributed by atoms with van der Waals surface area (Å²) in [4.78, 5) is 30.2. The van der Waals surface area contributed by atoms with Crippen LogP contribution in [0, 0.1) is 11.3 Å². The molecule has 5 rings (SSSR count). The molecule has 4 aromatic rings. The molecule has 0 radical (unpaired) electrons. The maximum atomic E-state index is 13.0. The number of carbonyl (C=O) groups is 1. The van der Waals surface area contributed by atoms with Gasteiger partial charge in [-0.25, -0.2) is 4.98 Å². The van der Waals surface area contributed by atoms with Gasteiger partial charge in [0.2, 0.25) is 5.91 Å². The first-order valence-corrected chi connectivity index (χ1v) is 12.2. The van der Waals surface area contributed by atoms with Crippen molar-refractivity contribution in [3.05, 3.63) is 81.8 Å². The number of benzene rings is 2. The summed E-state index contributed by atoms with van der Waals surface area (Å²) < 4.78 is 3.48. The van der Waals surface area contributed by atoms with Gasteiger partial charge in [-0.2, -0.15) is 5.26 Å². The summed E-state index contributed by atoms with van der Waals surface area (Å²) in [5.74, 6) is 0.330. The number of nitrogens with zero attached hydrogens (tertiary/aromatic N) is 4. The number of aromatic nitrogens is 3. The van der Waals surface area contributed by atoms with Crippen LogP contribution < -0.4 is 10.9 Å². The molecule has 0 aliphatic heterocycles. The molecule has 170 valence electrons. The van der Waals surface area contributed by atoms with Crippen molar-refractivity contribution in [2.45, 2.75) is 30.8 Å². The van der Waals surface area contributed by atoms with Gasteiger partial charge in [-0.05, 0) is 55.5 Å². The number of fused-ring (bicyclic) bond motifs is 2. The Balaban J connectivity index is 1.45. The number of thioether (sulfide) groups is 1. The molecule has 7 nitrogen and oxygen atoms in total. The number of hydrogen-bond acceptors (Lipinski definition) is 5. The Morgan fingerprint density at radius 2 is 1.85 bits per heavy atom. The zero-order valence-corrected chi connectivity index (χ0v) is 19.6. The van der Waals surface area contributed by atoms with Crippen LogP contribution in [-0.2, 0) is 24.7 Å². The third kappa shape index (κ3) is 3.88. The van der Waals surface area contributed by atoms with Gasteiger partial charge in [-0.15, -0.1) is 0 Å². The Hall–Kier alpha value is -3.83. The smallest absolute Gasteiger partial charge is 0.261 e. The van der Waals surface area contributed by atoms with E-state index in [0.717, 1.165) is 42.6 Å². The highest BCUT2D eigenvalue weighted by atomic mass is 32.2.